The first-order chi connectivity index (χ1) is 39.1. The van der Waals surface area contributed by atoms with Gasteiger partial charge in [0.1, 0.15) is 84.8 Å². The van der Waals surface area contributed by atoms with E-state index in [4.69, 9.17) is 47.5 Å². The molecule has 0 unspecified atom stereocenters. The van der Waals surface area contributed by atoms with Crippen LogP contribution < -0.4 is 10.6 Å². The predicted octanol–water partition coefficient (Wildman–Crippen LogP) is -7.26. The van der Waals surface area contributed by atoms with Crippen LogP contribution in [-0.4, -0.2) is 292 Å². The minimum atomic E-state index is -1.64. The van der Waals surface area contributed by atoms with Crippen molar-refractivity contribution in [1.29, 1.82) is 0 Å². The largest absolute Gasteiger partial charge is 0.394 e. The molecule has 4 heterocycles. The summed E-state index contributed by atoms with van der Waals surface area (Å²) in [5, 5.41) is 124. The second kappa shape index (κ2) is 36.8. The Balaban J connectivity index is 1.33. The number of aliphatic hydroxyl groups is 12. The summed E-state index contributed by atoms with van der Waals surface area (Å²) in [5.74, 6) is -4.21. The zero-order valence-electron chi connectivity index (χ0n) is 45.5. The Bertz CT molecular complexity index is 1790. The molecule has 472 valence electrons. The Kier molecular flexibility index (Phi) is 31.7. The highest BCUT2D eigenvalue weighted by molar-refractivity contribution is 6.01. The number of imide groups is 1. The van der Waals surface area contributed by atoms with Gasteiger partial charge in [0.2, 0.25) is 11.8 Å². The molecule has 0 aromatic rings. The van der Waals surface area contributed by atoms with Crippen molar-refractivity contribution in [1.82, 2.24) is 15.7 Å². The fourth-order valence-corrected chi connectivity index (χ4v) is 8.75. The number of ketones is 2. The number of Topliss-reactive ketones (excluding diaryl/α,β-unsaturated/α-hetero) is 2. The van der Waals surface area contributed by atoms with Crippen molar-refractivity contribution >= 4 is 41.2 Å². The summed E-state index contributed by atoms with van der Waals surface area (Å²) in [6.07, 6.45) is -23.0. The molecule has 0 aromatic carbocycles. The lowest BCUT2D eigenvalue weighted by molar-refractivity contribution is -0.301. The lowest BCUT2D eigenvalue weighted by Gasteiger charge is -2.39. The molecule has 32 heteroatoms. The number of nitrogens with one attached hydrogen (secondary N) is 2. The van der Waals surface area contributed by atoms with Gasteiger partial charge in [0, 0.05) is 76.5 Å². The normalized spacial score (nSPS) is 29.7. The molecular formula is C50H83N3O29. The molecule has 14 N–H and O–H groups in total. The molecule has 15 atom stereocenters. The van der Waals surface area contributed by atoms with E-state index in [1.807, 2.05) is 0 Å². The van der Waals surface area contributed by atoms with Crippen LogP contribution in [0.3, 0.4) is 0 Å². The van der Waals surface area contributed by atoms with Crippen LogP contribution in [0, 0.1) is 5.41 Å². The quantitative estimate of drug-likeness (QED) is 0.0200. The molecule has 0 bridgehead atoms. The minimum absolute atomic E-state index is 0.00840. The molecule has 4 rings (SSSR count). The summed E-state index contributed by atoms with van der Waals surface area (Å²) >= 11 is 0. The van der Waals surface area contributed by atoms with Gasteiger partial charge in [-0.3, -0.25) is 28.8 Å². The van der Waals surface area contributed by atoms with Crippen molar-refractivity contribution in [2.75, 3.05) is 92.4 Å². The van der Waals surface area contributed by atoms with Crippen LogP contribution in [-0.2, 0) is 81.0 Å². The molecule has 0 radical (unpaired) electrons. The van der Waals surface area contributed by atoms with Gasteiger partial charge in [-0.1, -0.05) is 0 Å². The highest BCUT2D eigenvalue weighted by Gasteiger charge is 2.46. The number of unbranched alkanes of at least 4 members (excludes halogenated alkanes) is 1. The first kappa shape index (κ1) is 70.5. The molecule has 0 saturated carbocycles. The maximum absolute atomic E-state index is 13.7. The number of ether oxygens (including phenoxy) is 9. The molecule has 4 fully saturated rings. The van der Waals surface area contributed by atoms with Gasteiger partial charge in [0.15, 0.2) is 18.9 Å². The second-order valence-corrected chi connectivity index (χ2v) is 20.3. The standard InChI is InChI=1S/C50H83N3O29/c54-22-30-38(64)41(67)44(70)47(79-30)76-15-2-1-5-28(57)10-18-73-25-50(21-29(58)6-9-37(63)82-53-35(61)7-8-36(53)62,26-74-19-11-33(59)51-13-3-16-77-48-45(71)42(68)39(65)31(23-55)80-48)27-75-20-12-34(60)52-14-4-17-78-49-46(72)43(69)40(66)32(24-56)81-49/h30-32,38-49,54-56,64-72H,1-27H2,(H,51,59)(H,52,60)/t30-,31-,32-,38-,39-,40-,41+,42+,43+,44+,45+,46+,47+,48+,49+/m1/s1. The maximum Gasteiger partial charge on any atom is 0.333 e. The Hall–Kier alpha value is -3.95. The average Bonchev–Trinajstić information content (AvgIpc) is 3.83. The topological polar surface area (TPSA) is 482 Å². The van der Waals surface area contributed by atoms with Gasteiger partial charge in [0.25, 0.3) is 11.8 Å². The average molecular weight is 1190 g/mol. The summed E-state index contributed by atoms with van der Waals surface area (Å²) in [5.41, 5.74) is -1.40. The SMILES string of the molecule is O=C(CCCCO[C@H]1O[C@H](CO)[C@@H](O)[C@H](O)[C@@H]1O)CCOCC(COCCC(=O)NCCCO[C@H]1O[C@H](CO)[C@@H](O)[C@H](O)[C@@H]1O)(COCCC(=O)NCCCO[C@H]1O[C@H](CO)[C@@H](O)[C@H](O)[C@@H]1O)CC(=O)CCC(=O)ON1C(=O)CCC1=O. The fraction of sp³-hybridized carbons (Fsp3) is 0.860. The molecule has 4 amide bonds. The van der Waals surface area contributed by atoms with Crippen molar-refractivity contribution in [3.8, 4) is 0 Å². The first-order valence-electron chi connectivity index (χ1n) is 27.3. The van der Waals surface area contributed by atoms with Crippen molar-refractivity contribution in [3.05, 3.63) is 0 Å². The van der Waals surface area contributed by atoms with Crippen molar-refractivity contribution in [2.45, 2.75) is 176 Å². The summed E-state index contributed by atoms with van der Waals surface area (Å²) in [7, 11) is 0. The molecule has 4 aliphatic heterocycles. The van der Waals surface area contributed by atoms with Crippen LogP contribution in [0.4, 0.5) is 0 Å². The number of hydrogen-bond acceptors (Lipinski definition) is 29. The number of hydroxylamine groups is 2. The summed E-state index contributed by atoms with van der Waals surface area (Å²) in [6.45, 7) is -3.43. The maximum atomic E-state index is 13.7. The first-order valence-corrected chi connectivity index (χ1v) is 27.3. The number of carbonyl (C=O) groups is 7. The Labute approximate surface area is 471 Å². The number of carbonyl (C=O) groups excluding carboxylic acids is 7. The van der Waals surface area contributed by atoms with Crippen molar-refractivity contribution in [2.24, 2.45) is 5.41 Å². The van der Waals surface area contributed by atoms with E-state index in [2.05, 4.69) is 10.6 Å². The third kappa shape index (κ3) is 22.8. The van der Waals surface area contributed by atoms with Gasteiger partial charge >= 0.3 is 5.97 Å². The van der Waals surface area contributed by atoms with Gasteiger partial charge in [-0.05, 0) is 25.7 Å². The monoisotopic (exact) mass is 1190 g/mol. The Morgan fingerprint density at radius 1 is 0.463 bits per heavy atom. The van der Waals surface area contributed by atoms with Crippen molar-refractivity contribution < 1.29 is 142 Å². The van der Waals surface area contributed by atoms with Gasteiger partial charge < -0.3 is 119 Å². The molecule has 32 nitrogen and oxygen atoms in total. The van der Waals surface area contributed by atoms with Gasteiger partial charge in [0.05, 0.1) is 79.1 Å². The molecule has 4 saturated heterocycles. The highest BCUT2D eigenvalue weighted by atomic mass is 16.7. The van der Waals surface area contributed by atoms with E-state index in [0.717, 1.165) is 0 Å². The zero-order chi connectivity index (χ0) is 60.4. The number of hydrogen-bond donors (Lipinski definition) is 14. The highest BCUT2D eigenvalue weighted by Crippen LogP contribution is 2.28. The smallest absolute Gasteiger partial charge is 0.333 e. The number of aliphatic hydroxyl groups excluding tert-OH is 12. The third-order valence-electron chi connectivity index (χ3n) is 13.6. The lowest BCUT2D eigenvalue weighted by Crippen LogP contribution is -2.59. The minimum Gasteiger partial charge on any atom is -0.394 e. The van der Waals surface area contributed by atoms with E-state index < -0.39 is 172 Å². The Morgan fingerprint density at radius 2 is 0.854 bits per heavy atom. The summed E-state index contributed by atoms with van der Waals surface area (Å²) < 4.78 is 50.2. The molecule has 0 aliphatic carbocycles. The van der Waals surface area contributed by atoms with Crippen LogP contribution >= 0.6 is 0 Å². The number of nitrogens with zero attached hydrogens (tertiary/aromatic N) is 1. The lowest BCUT2D eigenvalue weighted by atomic mass is 9.84. The van der Waals surface area contributed by atoms with Crippen LogP contribution in [0.15, 0.2) is 0 Å². The van der Waals surface area contributed by atoms with Crippen LogP contribution in [0.5, 0.6) is 0 Å². The summed E-state index contributed by atoms with van der Waals surface area (Å²) in [6, 6.07) is 0. The second-order valence-electron chi connectivity index (χ2n) is 20.3. The van der Waals surface area contributed by atoms with Crippen LogP contribution in [0.2, 0.25) is 0 Å². The van der Waals surface area contributed by atoms with Crippen molar-refractivity contribution in [3.63, 3.8) is 0 Å². The molecule has 4 aliphatic rings. The molecule has 0 spiro atoms. The van der Waals surface area contributed by atoms with E-state index in [1.54, 1.807) is 0 Å². The van der Waals surface area contributed by atoms with E-state index in [0.29, 0.717) is 17.9 Å². The van der Waals surface area contributed by atoms with E-state index in [-0.39, 0.29) is 130 Å². The van der Waals surface area contributed by atoms with Gasteiger partial charge in [-0.25, -0.2) is 4.79 Å². The van der Waals surface area contributed by atoms with Crippen LogP contribution in [0.25, 0.3) is 0 Å². The van der Waals surface area contributed by atoms with E-state index in [9.17, 15) is 94.8 Å². The third-order valence-corrected chi connectivity index (χ3v) is 13.6. The predicted molar refractivity (Wildman–Crippen MR) is 268 cm³/mol. The molecule has 82 heavy (non-hydrogen) atoms. The van der Waals surface area contributed by atoms with Crippen LogP contribution in [0.1, 0.15) is 83.5 Å². The Morgan fingerprint density at radius 3 is 1.26 bits per heavy atom. The fourth-order valence-electron chi connectivity index (χ4n) is 8.75. The zero-order valence-corrected chi connectivity index (χ0v) is 45.5. The molecule has 0 aromatic heterocycles. The van der Waals surface area contributed by atoms with Gasteiger partial charge in [-0.15, -0.1) is 5.06 Å². The van der Waals surface area contributed by atoms with Gasteiger partial charge in [-0.2, -0.15) is 0 Å². The van der Waals surface area contributed by atoms with E-state index in [1.165, 1.54) is 0 Å². The number of rotatable bonds is 40. The summed E-state index contributed by atoms with van der Waals surface area (Å²) in [4.78, 5) is 93.9. The molecular weight excluding hydrogens is 1110 g/mol. The van der Waals surface area contributed by atoms with E-state index >= 15 is 0 Å². The number of amides is 4.